The predicted molar refractivity (Wildman–Crippen MR) is 113 cm³/mol. The maximum atomic E-state index is 13.9. The van der Waals surface area contributed by atoms with Crippen molar-refractivity contribution >= 4 is 21.9 Å². The Kier molecular flexibility index (Phi) is 4.21. The predicted octanol–water partition coefficient (Wildman–Crippen LogP) is 4.59. The van der Waals surface area contributed by atoms with Crippen LogP contribution in [0, 0.1) is 5.82 Å². The Morgan fingerprint density at radius 1 is 0.828 bits per heavy atom. The molecule has 0 aliphatic rings. The molecule has 0 bridgehead atoms. The molecule has 0 fully saturated rings. The smallest absolute Gasteiger partial charge is 0.278 e. The van der Waals surface area contributed by atoms with Crippen molar-refractivity contribution in [3.63, 3.8) is 0 Å². The van der Waals surface area contributed by atoms with Crippen LogP contribution in [-0.2, 0) is 13.1 Å². The van der Waals surface area contributed by atoms with Gasteiger partial charge in [-0.3, -0.25) is 9.36 Å². The summed E-state index contributed by atoms with van der Waals surface area (Å²) in [5, 5.41) is 0.653. The number of nitrogens with zero attached hydrogens (tertiary/aromatic N) is 3. The lowest BCUT2D eigenvalue weighted by molar-refractivity contribution is 0.629. The van der Waals surface area contributed by atoms with Gasteiger partial charge in [0.25, 0.3) is 5.56 Å². The van der Waals surface area contributed by atoms with Crippen molar-refractivity contribution in [3.05, 3.63) is 112 Å². The average molecular weight is 383 g/mol. The van der Waals surface area contributed by atoms with Gasteiger partial charge in [-0.25, -0.2) is 9.37 Å². The van der Waals surface area contributed by atoms with E-state index in [1.54, 1.807) is 17.0 Å². The molecule has 142 valence electrons. The van der Waals surface area contributed by atoms with E-state index in [2.05, 4.69) is 4.98 Å². The monoisotopic (exact) mass is 383 g/mol. The van der Waals surface area contributed by atoms with Crippen molar-refractivity contribution in [1.82, 2.24) is 14.1 Å². The van der Waals surface area contributed by atoms with Gasteiger partial charge < -0.3 is 4.57 Å². The van der Waals surface area contributed by atoms with E-state index in [0.717, 1.165) is 16.6 Å². The fraction of sp³-hybridized carbons (Fsp3) is 0.0833. The van der Waals surface area contributed by atoms with Crippen LogP contribution in [0.3, 0.4) is 0 Å². The number of rotatable bonds is 4. The molecular weight excluding hydrogens is 365 g/mol. The molecule has 2 heterocycles. The normalized spacial score (nSPS) is 11.3. The molecule has 0 saturated heterocycles. The fourth-order valence-electron chi connectivity index (χ4n) is 3.80. The summed E-state index contributed by atoms with van der Waals surface area (Å²) in [5.74, 6) is -0.341. The molecule has 0 radical (unpaired) electrons. The molecule has 2 aromatic heterocycles. The lowest BCUT2D eigenvalue weighted by Crippen LogP contribution is -2.23. The van der Waals surface area contributed by atoms with E-state index in [4.69, 9.17) is 0 Å². The number of hydrogen-bond donors (Lipinski definition) is 0. The van der Waals surface area contributed by atoms with Crippen molar-refractivity contribution in [2.75, 3.05) is 0 Å². The highest BCUT2D eigenvalue weighted by atomic mass is 19.1. The molecule has 0 amide bonds. The molecule has 5 rings (SSSR count). The van der Waals surface area contributed by atoms with Gasteiger partial charge in [0.2, 0.25) is 0 Å². The van der Waals surface area contributed by atoms with Crippen LogP contribution in [0.25, 0.3) is 21.9 Å². The number of aromatic nitrogens is 3. The van der Waals surface area contributed by atoms with Crippen LogP contribution in [0.5, 0.6) is 0 Å². The van der Waals surface area contributed by atoms with Crippen molar-refractivity contribution in [2.24, 2.45) is 0 Å². The van der Waals surface area contributed by atoms with Gasteiger partial charge in [0, 0.05) is 11.9 Å². The second kappa shape index (κ2) is 7.02. The Hall–Kier alpha value is -3.73. The molecule has 0 aliphatic carbocycles. The van der Waals surface area contributed by atoms with Crippen molar-refractivity contribution in [2.45, 2.75) is 13.1 Å². The first kappa shape index (κ1) is 17.4. The van der Waals surface area contributed by atoms with Crippen LogP contribution < -0.4 is 5.56 Å². The summed E-state index contributed by atoms with van der Waals surface area (Å²) >= 11 is 0. The second-order valence-corrected chi connectivity index (χ2v) is 7.09. The van der Waals surface area contributed by atoms with Gasteiger partial charge in [-0.15, -0.1) is 0 Å². The molecular formula is C24H18FN3O. The van der Waals surface area contributed by atoms with Crippen molar-refractivity contribution < 1.29 is 4.39 Å². The maximum absolute atomic E-state index is 13.9. The molecule has 4 nitrogen and oxygen atoms in total. The summed E-state index contributed by atoms with van der Waals surface area (Å²) in [4.78, 5) is 18.0. The number of hydrogen-bond acceptors (Lipinski definition) is 2. The van der Waals surface area contributed by atoms with Gasteiger partial charge in [0.1, 0.15) is 16.9 Å². The van der Waals surface area contributed by atoms with E-state index in [0.29, 0.717) is 29.5 Å². The largest absolute Gasteiger partial charge is 0.330 e. The highest BCUT2D eigenvalue weighted by Gasteiger charge is 2.17. The third kappa shape index (κ3) is 3.10. The van der Waals surface area contributed by atoms with E-state index in [1.807, 2.05) is 65.2 Å². The van der Waals surface area contributed by atoms with E-state index in [1.165, 1.54) is 12.1 Å². The van der Waals surface area contributed by atoms with Crippen LogP contribution >= 0.6 is 0 Å². The van der Waals surface area contributed by atoms with Crippen LogP contribution in [0.4, 0.5) is 4.39 Å². The van der Waals surface area contributed by atoms with Gasteiger partial charge in [-0.2, -0.15) is 0 Å². The van der Waals surface area contributed by atoms with Crippen LogP contribution in [-0.4, -0.2) is 14.1 Å². The Morgan fingerprint density at radius 2 is 1.48 bits per heavy atom. The summed E-state index contributed by atoms with van der Waals surface area (Å²) in [7, 11) is 0. The molecule has 0 N–H and O–H groups in total. The topological polar surface area (TPSA) is 39.8 Å². The quantitative estimate of drug-likeness (QED) is 0.455. The minimum absolute atomic E-state index is 0.133. The highest BCUT2D eigenvalue weighted by Crippen LogP contribution is 2.27. The summed E-state index contributed by atoms with van der Waals surface area (Å²) in [6, 6.07) is 24.3. The standard InChI is InChI=1S/C24H18FN3O/c25-19-11-12-21-20(13-19)22-23(28(21)15-18-9-5-2-6-10-18)24(29)27(16-26-22)14-17-7-3-1-4-8-17/h1-13,16H,14-15H2. The van der Waals surface area contributed by atoms with Gasteiger partial charge in [0.15, 0.2) is 0 Å². The summed E-state index contributed by atoms with van der Waals surface area (Å²) in [6.45, 7) is 0.947. The zero-order chi connectivity index (χ0) is 19.8. The average Bonchev–Trinajstić information content (AvgIpc) is 3.05. The fourth-order valence-corrected chi connectivity index (χ4v) is 3.80. The number of benzene rings is 3. The first-order valence-electron chi connectivity index (χ1n) is 9.45. The first-order valence-corrected chi connectivity index (χ1v) is 9.45. The molecule has 3 aromatic carbocycles. The lowest BCUT2D eigenvalue weighted by atomic mass is 10.2. The zero-order valence-electron chi connectivity index (χ0n) is 15.6. The van der Waals surface area contributed by atoms with Crippen molar-refractivity contribution in [3.8, 4) is 0 Å². The van der Waals surface area contributed by atoms with E-state index in [-0.39, 0.29) is 11.4 Å². The molecule has 5 heteroatoms. The number of fused-ring (bicyclic) bond motifs is 3. The SMILES string of the molecule is O=c1c2c(ncn1Cc1ccccc1)c1cc(F)ccc1n2Cc1ccccc1. The van der Waals surface area contributed by atoms with Gasteiger partial charge >= 0.3 is 0 Å². The van der Waals surface area contributed by atoms with Crippen LogP contribution in [0.2, 0.25) is 0 Å². The van der Waals surface area contributed by atoms with Gasteiger partial charge in [0.05, 0.1) is 18.4 Å². The van der Waals surface area contributed by atoms with E-state index in [9.17, 15) is 9.18 Å². The molecule has 0 spiro atoms. The van der Waals surface area contributed by atoms with E-state index >= 15 is 0 Å². The van der Waals surface area contributed by atoms with Crippen molar-refractivity contribution in [1.29, 1.82) is 0 Å². The third-order valence-corrected chi connectivity index (χ3v) is 5.17. The Bertz CT molecular complexity index is 1370. The molecule has 0 atom stereocenters. The maximum Gasteiger partial charge on any atom is 0.278 e. The lowest BCUT2D eigenvalue weighted by Gasteiger charge is -2.09. The second-order valence-electron chi connectivity index (χ2n) is 7.09. The first-order chi connectivity index (χ1) is 14.2. The third-order valence-electron chi connectivity index (χ3n) is 5.17. The minimum Gasteiger partial charge on any atom is -0.330 e. The molecule has 0 unspecified atom stereocenters. The molecule has 29 heavy (non-hydrogen) atoms. The summed E-state index contributed by atoms with van der Waals surface area (Å²) in [6.07, 6.45) is 1.55. The summed E-state index contributed by atoms with van der Waals surface area (Å²) in [5.41, 5.74) is 3.78. The van der Waals surface area contributed by atoms with Crippen LogP contribution in [0.1, 0.15) is 11.1 Å². The van der Waals surface area contributed by atoms with Crippen LogP contribution in [0.15, 0.2) is 90.0 Å². The molecule has 0 aliphatic heterocycles. The Labute approximate surface area is 166 Å². The Morgan fingerprint density at radius 3 is 2.17 bits per heavy atom. The van der Waals surface area contributed by atoms with E-state index < -0.39 is 0 Å². The zero-order valence-corrected chi connectivity index (χ0v) is 15.6. The summed E-state index contributed by atoms with van der Waals surface area (Å²) < 4.78 is 17.5. The number of halogens is 1. The Balaban J connectivity index is 1.75. The highest BCUT2D eigenvalue weighted by molar-refractivity contribution is 6.05. The van der Waals surface area contributed by atoms with Gasteiger partial charge in [-0.1, -0.05) is 60.7 Å². The molecule has 0 saturated carbocycles. The minimum atomic E-state index is -0.341. The van der Waals surface area contributed by atoms with Gasteiger partial charge in [-0.05, 0) is 29.3 Å². The molecule has 5 aromatic rings.